The lowest BCUT2D eigenvalue weighted by Crippen LogP contribution is -2.35. The Bertz CT molecular complexity index is 376. The van der Waals surface area contributed by atoms with Crippen molar-refractivity contribution in [1.82, 2.24) is 0 Å². The molecule has 19 heavy (non-hydrogen) atoms. The topological polar surface area (TPSA) is 63.6 Å². The van der Waals surface area contributed by atoms with Gasteiger partial charge in [0.05, 0.1) is 18.4 Å². The van der Waals surface area contributed by atoms with Crippen LogP contribution in [0.15, 0.2) is 12.7 Å². The summed E-state index contributed by atoms with van der Waals surface area (Å²) in [6.45, 7) is 3.65. The van der Waals surface area contributed by atoms with Crippen LogP contribution in [0.3, 0.4) is 0 Å². The Balaban J connectivity index is 2.31. The molecule has 0 radical (unpaired) electrons. The first-order valence-corrected chi connectivity index (χ1v) is 7.02. The Hall–Kier alpha value is -1.32. The molecule has 2 fully saturated rings. The fourth-order valence-corrected chi connectivity index (χ4v) is 4.13. The number of carboxylic acid groups (broad SMARTS) is 1. The highest BCUT2D eigenvalue weighted by atomic mass is 16.5. The van der Waals surface area contributed by atoms with E-state index in [9.17, 15) is 14.7 Å². The predicted molar refractivity (Wildman–Crippen MR) is 70.5 cm³/mol. The largest absolute Gasteiger partial charge is 0.481 e. The summed E-state index contributed by atoms with van der Waals surface area (Å²) < 4.78 is 4.83. The second kappa shape index (κ2) is 5.35. The zero-order valence-corrected chi connectivity index (χ0v) is 11.4. The molecule has 0 amide bonds. The molecule has 0 heterocycles. The number of methoxy groups -OCH3 is 1. The van der Waals surface area contributed by atoms with Gasteiger partial charge in [0.1, 0.15) is 0 Å². The van der Waals surface area contributed by atoms with Gasteiger partial charge in [-0.1, -0.05) is 25.3 Å². The molecule has 0 saturated heterocycles. The van der Waals surface area contributed by atoms with E-state index in [2.05, 4.69) is 6.58 Å². The van der Waals surface area contributed by atoms with Crippen molar-refractivity contribution in [2.45, 2.75) is 38.5 Å². The number of hydrogen-bond donors (Lipinski definition) is 1. The van der Waals surface area contributed by atoms with Gasteiger partial charge >= 0.3 is 11.9 Å². The van der Waals surface area contributed by atoms with Crippen LogP contribution in [0.5, 0.6) is 0 Å². The van der Waals surface area contributed by atoms with E-state index in [0.29, 0.717) is 6.42 Å². The fourth-order valence-electron chi connectivity index (χ4n) is 4.13. The van der Waals surface area contributed by atoms with Crippen molar-refractivity contribution in [3.63, 3.8) is 0 Å². The molecule has 3 atom stereocenters. The number of esters is 1. The van der Waals surface area contributed by atoms with Crippen LogP contribution in [0.4, 0.5) is 0 Å². The molecule has 2 aliphatic carbocycles. The average Bonchev–Trinajstić information content (AvgIpc) is 3.07. The summed E-state index contributed by atoms with van der Waals surface area (Å²) in [5.74, 6) is -1.55. The van der Waals surface area contributed by atoms with Crippen LogP contribution in [0.1, 0.15) is 38.5 Å². The lowest BCUT2D eigenvalue weighted by Gasteiger charge is -2.23. The van der Waals surface area contributed by atoms with Crippen LogP contribution in [0, 0.1) is 23.2 Å². The molecule has 0 aromatic rings. The van der Waals surface area contributed by atoms with E-state index in [-0.39, 0.29) is 11.8 Å². The number of carbonyl (C=O) groups excluding carboxylic acids is 1. The molecule has 4 heteroatoms. The average molecular weight is 266 g/mol. The molecule has 3 unspecified atom stereocenters. The number of carboxylic acids is 1. The Labute approximate surface area is 113 Å². The minimum Gasteiger partial charge on any atom is -0.481 e. The van der Waals surface area contributed by atoms with Gasteiger partial charge in [-0.2, -0.15) is 0 Å². The second-order valence-corrected chi connectivity index (χ2v) is 5.69. The number of hydrogen-bond acceptors (Lipinski definition) is 3. The number of fused-ring (bicyclic) bond motifs is 1. The first-order chi connectivity index (χ1) is 9.10. The first-order valence-electron chi connectivity index (χ1n) is 7.02. The Morgan fingerprint density at radius 2 is 1.95 bits per heavy atom. The van der Waals surface area contributed by atoms with Crippen LogP contribution < -0.4 is 0 Å². The highest BCUT2D eigenvalue weighted by Gasteiger charge is 2.73. The molecule has 2 rings (SSSR count). The zero-order chi connectivity index (χ0) is 14.0. The molecule has 2 aliphatic rings. The summed E-state index contributed by atoms with van der Waals surface area (Å²) in [5.41, 5.74) is -0.901. The normalized spacial score (nSPS) is 34.6. The molecule has 2 saturated carbocycles. The molecular weight excluding hydrogens is 244 g/mol. The van der Waals surface area contributed by atoms with E-state index in [1.165, 1.54) is 13.5 Å². The Morgan fingerprint density at radius 1 is 1.37 bits per heavy atom. The SMILES string of the molecule is C=CCC(C(=O)OC)C1(C(=O)O)C2CCCCCC21. The van der Waals surface area contributed by atoms with E-state index in [4.69, 9.17) is 4.74 Å². The lowest BCUT2D eigenvalue weighted by molar-refractivity contribution is -0.159. The van der Waals surface area contributed by atoms with Crippen LogP contribution >= 0.6 is 0 Å². The van der Waals surface area contributed by atoms with Gasteiger partial charge in [0.15, 0.2) is 0 Å². The standard InChI is InChI=1S/C15H22O4/c1-3-7-12(13(16)19-2)15(14(17)18)10-8-5-4-6-9-11(10)15/h3,10-12H,1,4-9H2,2H3,(H,17,18). The van der Waals surface area contributed by atoms with Crippen molar-refractivity contribution in [2.75, 3.05) is 7.11 Å². The van der Waals surface area contributed by atoms with Gasteiger partial charge in [0.25, 0.3) is 0 Å². The molecule has 0 aromatic carbocycles. The Kier molecular flexibility index (Phi) is 3.97. The maximum Gasteiger partial charge on any atom is 0.311 e. The lowest BCUT2D eigenvalue weighted by atomic mass is 9.80. The van der Waals surface area contributed by atoms with Crippen LogP contribution in [0.2, 0.25) is 0 Å². The summed E-state index contributed by atoms with van der Waals surface area (Å²) in [6.07, 6.45) is 7.16. The van der Waals surface area contributed by atoms with Crippen molar-refractivity contribution < 1.29 is 19.4 Å². The minimum absolute atomic E-state index is 0.136. The number of ether oxygens (including phenoxy) is 1. The van der Waals surface area contributed by atoms with Gasteiger partial charge in [0.2, 0.25) is 0 Å². The van der Waals surface area contributed by atoms with Gasteiger partial charge in [-0.25, -0.2) is 0 Å². The highest BCUT2D eigenvalue weighted by Crippen LogP contribution is 2.69. The fraction of sp³-hybridized carbons (Fsp3) is 0.733. The third kappa shape index (κ3) is 2.07. The first kappa shape index (κ1) is 14.1. The van der Waals surface area contributed by atoms with Gasteiger partial charge in [0, 0.05) is 0 Å². The number of aliphatic carboxylic acids is 1. The molecule has 0 aromatic heterocycles. The molecule has 0 bridgehead atoms. The number of rotatable bonds is 5. The molecule has 4 nitrogen and oxygen atoms in total. The molecule has 1 N–H and O–H groups in total. The van der Waals surface area contributed by atoms with Crippen molar-refractivity contribution in [3.8, 4) is 0 Å². The van der Waals surface area contributed by atoms with Crippen molar-refractivity contribution in [3.05, 3.63) is 12.7 Å². The van der Waals surface area contributed by atoms with E-state index >= 15 is 0 Å². The van der Waals surface area contributed by atoms with E-state index < -0.39 is 23.3 Å². The monoisotopic (exact) mass is 266 g/mol. The van der Waals surface area contributed by atoms with Gasteiger partial charge in [-0.3, -0.25) is 9.59 Å². The van der Waals surface area contributed by atoms with Crippen molar-refractivity contribution >= 4 is 11.9 Å². The highest BCUT2D eigenvalue weighted by molar-refractivity contribution is 5.88. The smallest absolute Gasteiger partial charge is 0.311 e. The van der Waals surface area contributed by atoms with Crippen molar-refractivity contribution in [1.29, 1.82) is 0 Å². The third-order valence-electron chi connectivity index (χ3n) is 4.97. The Morgan fingerprint density at radius 3 is 2.37 bits per heavy atom. The van der Waals surface area contributed by atoms with Crippen LogP contribution in [-0.2, 0) is 14.3 Å². The molecule has 106 valence electrons. The quantitative estimate of drug-likeness (QED) is 0.613. The third-order valence-corrected chi connectivity index (χ3v) is 4.97. The molecule has 0 spiro atoms. The summed E-state index contributed by atoms with van der Waals surface area (Å²) >= 11 is 0. The molecular formula is C15H22O4. The van der Waals surface area contributed by atoms with E-state index in [1.807, 2.05) is 0 Å². The number of allylic oxidation sites excluding steroid dienone is 1. The number of carbonyl (C=O) groups is 2. The minimum atomic E-state index is -0.901. The van der Waals surface area contributed by atoms with E-state index in [0.717, 1.165) is 25.7 Å². The maximum atomic E-state index is 12.0. The van der Waals surface area contributed by atoms with Gasteiger partial charge in [-0.15, -0.1) is 6.58 Å². The summed E-state index contributed by atoms with van der Waals surface area (Å²) in [4.78, 5) is 23.8. The summed E-state index contributed by atoms with van der Waals surface area (Å²) in [6, 6.07) is 0. The van der Waals surface area contributed by atoms with Crippen LogP contribution in [0.25, 0.3) is 0 Å². The zero-order valence-electron chi connectivity index (χ0n) is 11.4. The maximum absolute atomic E-state index is 12.0. The van der Waals surface area contributed by atoms with Crippen molar-refractivity contribution in [2.24, 2.45) is 23.2 Å². The van der Waals surface area contributed by atoms with Gasteiger partial charge in [-0.05, 0) is 31.1 Å². The summed E-state index contributed by atoms with van der Waals surface area (Å²) in [7, 11) is 1.33. The van der Waals surface area contributed by atoms with Crippen LogP contribution in [-0.4, -0.2) is 24.2 Å². The summed E-state index contributed by atoms with van der Waals surface area (Å²) in [5, 5.41) is 9.73. The molecule has 0 aliphatic heterocycles. The predicted octanol–water partition coefficient (Wildman–Crippen LogP) is 2.63. The van der Waals surface area contributed by atoms with E-state index in [1.54, 1.807) is 6.08 Å². The van der Waals surface area contributed by atoms with Gasteiger partial charge < -0.3 is 9.84 Å². The second-order valence-electron chi connectivity index (χ2n) is 5.69.